The minimum absolute atomic E-state index is 0.107. The molecule has 3 N–H and O–H groups in total. The van der Waals surface area contributed by atoms with Crippen LogP contribution in [0.4, 0.5) is 0 Å². The van der Waals surface area contributed by atoms with E-state index in [-0.39, 0.29) is 30.8 Å². The summed E-state index contributed by atoms with van der Waals surface area (Å²) in [6.45, 7) is 2.12. The second-order valence-electron chi connectivity index (χ2n) is 7.43. The predicted molar refractivity (Wildman–Crippen MR) is 118 cm³/mol. The van der Waals surface area contributed by atoms with Gasteiger partial charge >= 0.3 is 11.9 Å². The Kier molecular flexibility index (Phi) is 7.27. The third kappa shape index (κ3) is 5.95. The lowest BCUT2D eigenvalue weighted by Crippen LogP contribution is -2.38. The number of hydrogen-bond donors (Lipinski definition) is 3. The average Bonchev–Trinajstić information content (AvgIpc) is 3.15. The fraction of sp³-hybridized carbons (Fsp3) is 0.217. The molecule has 8 nitrogen and oxygen atoms in total. The number of carbonyl (C=O) groups excluding carboxylic acids is 1. The molecule has 0 spiro atoms. The number of aryl methyl sites for hydroxylation is 1. The number of amides is 1. The lowest BCUT2D eigenvalue weighted by atomic mass is 10.0. The number of nitrogens with zero attached hydrogens (tertiary/aromatic N) is 2. The number of halogens is 1. The lowest BCUT2D eigenvalue weighted by molar-refractivity contribution is -0.137. The number of benzene rings is 2. The van der Waals surface area contributed by atoms with Gasteiger partial charge in [-0.3, -0.25) is 14.3 Å². The summed E-state index contributed by atoms with van der Waals surface area (Å²) in [6.07, 6.45) is -0.125. The first-order valence-corrected chi connectivity index (χ1v) is 10.2. The number of carboxylic acids is 2. The number of aliphatic carboxylic acids is 1. The largest absolute Gasteiger partial charge is 0.481 e. The Morgan fingerprint density at radius 3 is 2.41 bits per heavy atom. The van der Waals surface area contributed by atoms with Gasteiger partial charge in [-0.2, -0.15) is 5.10 Å². The van der Waals surface area contributed by atoms with Gasteiger partial charge < -0.3 is 15.5 Å². The summed E-state index contributed by atoms with van der Waals surface area (Å²) in [6, 6.07) is 14.9. The van der Waals surface area contributed by atoms with Crippen LogP contribution in [0, 0.1) is 6.92 Å². The van der Waals surface area contributed by atoms with Crippen LogP contribution in [-0.2, 0) is 17.8 Å². The van der Waals surface area contributed by atoms with Crippen molar-refractivity contribution >= 4 is 29.4 Å². The summed E-state index contributed by atoms with van der Waals surface area (Å²) in [7, 11) is 0. The molecule has 3 rings (SSSR count). The molecular weight excluding hydrogens is 434 g/mol. The van der Waals surface area contributed by atoms with Crippen LogP contribution in [0.1, 0.15) is 44.1 Å². The Balaban J connectivity index is 1.81. The van der Waals surface area contributed by atoms with E-state index in [2.05, 4.69) is 10.4 Å². The highest BCUT2D eigenvalue weighted by Gasteiger charge is 2.23. The van der Waals surface area contributed by atoms with Crippen LogP contribution in [0.2, 0.25) is 5.02 Å². The van der Waals surface area contributed by atoms with Crippen molar-refractivity contribution in [3.63, 3.8) is 0 Å². The van der Waals surface area contributed by atoms with Gasteiger partial charge in [0.05, 0.1) is 13.0 Å². The molecule has 0 fully saturated rings. The quantitative estimate of drug-likeness (QED) is 0.454. The molecule has 0 saturated heterocycles. The number of aromatic nitrogens is 2. The van der Waals surface area contributed by atoms with E-state index in [1.807, 2.05) is 31.2 Å². The van der Waals surface area contributed by atoms with E-state index in [4.69, 9.17) is 11.6 Å². The van der Waals surface area contributed by atoms with Gasteiger partial charge in [0.15, 0.2) is 5.69 Å². The molecule has 0 radical (unpaired) electrons. The van der Waals surface area contributed by atoms with Gasteiger partial charge in [0.1, 0.15) is 5.69 Å². The maximum absolute atomic E-state index is 12.8. The summed E-state index contributed by atoms with van der Waals surface area (Å²) in [5, 5.41) is 26.0. The van der Waals surface area contributed by atoms with E-state index >= 15 is 0 Å². The van der Waals surface area contributed by atoms with Crippen molar-refractivity contribution in [3.8, 4) is 0 Å². The van der Waals surface area contributed by atoms with Crippen molar-refractivity contribution in [2.24, 2.45) is 0 Å². The fourth-order valence-corrected chi connectivity index (χ4v) is 3.47. The number of aromatic carboxylic acids is 1. The Hall–Kier alpha value is -3.65. The van der Waals surface area contributed by atoms with Crippen molar-refractivity contribution in [1.29, 1.82) is 0 Å². The molecule has 1 unspecified atom stereocenters. The van der Waals surface area contributed by atoms with Gasteiger partial charge in [0, 0.05) is 17.1 Å². The molecule has 3 aromatic rings. The van der Waals surface area contributed by atoms with E-state index in [1.165, 1.54) is 10.7 Å². The number of carbonyl (C=O) groups is 3. The van der Waals surface area contributed by atoms with Crippen molar-refractivity contribution in [1.82, 2.24) is 15.1 Å². The standard InChI is InChI=1S/C23H22ClN3O5/c1-14-6-8-15(9-7-14)13-27-20(23(31)32)12-19(26-27)22(30)25-17(11-21(28)29)10-16-4-2-3-5-18(16)24/h2-9,12,17H,10-11,13H2,1H3,(H,25,30)(H,28,29)(H,31,32). The van der Waals surface area contributed by atoms with Crippen molar-refractivity contribution in [2.75, 3.05) is 0 Å². The fourth-order valence-electron chi connectivity index (χ4n) is 3.26. The van der Waals surface area contributed by atoms with E-state index in [0.717, 1.165) is 11.1 Å². The molecule has 1 heterocycles. The lowest BCUT2D eigenvalue weighted by Gasteiger charge is -2.17. The second-order valence-corrected chi connectivity index (χ2v) is 7.83. The Bertz CT molecular complexity index is 1140. The number of rotatable bonds is 9. The maximum Gasteiger partial charge on any atom is 0.354 e. The highest BCUT2D eigenvalue weighted by Crippen LogP contribution is 2.18. The molecule has 0 aliphatic rings. The Labute approximate surface area is 189 Å². The summed E-state index contributed by atoms with van der Waals surface area (Å²) in [5.74, 6) is -2.96. The van der Waals surface area contributed by atoms with Gasteiger partial charge in [-0.25, -0.2) is 4.79 Å². The van der Waals surface area contributed by atoms with Gasteiger partial charge in [-0.05, 0) is 30.5 Å². The molecule has 1 aromatic heterocycles. The van der Waals surface area contributed by atoms with Crippen LogP contribution in [0.5, 0.6) is 0 Å². The summed E-state index contributed by atoms with van der Waals surface area (Å²) < 4.78 is 1.24. The van der Waals surface area contributed by atoms with E-state index in [1.54, 1.807) is 24.3 Å². The van der Waals surface area contributed by atoms with Crippen LogP contribution >= 0.6 is 11.6 Å². The summed E-state index contributed by atoms with van der Waals surface area (Å²) >= 11 is 6.16. The van der Waals surface area contributed by atoms with Crippen molar-refractivity contribution in [2.45, 2.75) is 32.4 Å². The number of carboxylic acid groups (broad SMARTS) is 2. The molecule has 32 heavy (non-hydrogen) atoms. The first kappa shape index (κ1) is 23.0. The van der Waals surface area contributed by atoms with E-state index in [0.29, 0.717) is 10.6 Å². The highest BCUT2D eigenvalue weighted by atomic mass is 35.5. The summed E-state index contributed by atoms with van der Waals surface area (Å²) in [5.41, 5.74) is 2.34. The minimum Gasteiger partial charge on any atom is -0.481 e. The Morgan fingerprint density at radius 2 is 1.78 bits per heavy atom. The average molecular weight is 456 g/mol. The topological polar surface area (TPSA) is 122 Å². The molecule has 1 atom stereocenters. The molecule has 0 saturated carbocycles. The molecule has 0 aliphatic heterocycles. The second kappa shape index (κ2) is 10.1. The molecule has 2 aromatic carbocycles. The SMILES string of the molecule is Cc1ccc(Cn2nc(C(=O)NC(CC(=O)O)Cc3ccccc3Cl)cc2C(=O)O)cc1. The maximum atomic E-state index is 12.8. The van der Waals surface area contributed by atoms with Gasteiger partial charge in [0.25, 0.3) is 5.91 Å². The van der Waals surface area contributed by atoms with Gasteiger partial charge in [0.2, 0.25) is 0 Å². The predicted octanol–water partition coefficient (Wildman–Crippen LogP) is 3.41. The highest BCUT2D eigenvalue weighted by molar-refractivity contribution is 6.31. The van der Waals surface area contributed by atoms with Crippen molar-refractivity contribution in [3.05, 3.63) is 87.7 Å². The molecule has 0 bridgehead atoms. The first-order chi connectivity index (χ1) is 15.2. The van der Waals surface area contributed by atoms with Gasteiger partial charge in [-0.1, -0.05) is 59.6 Å². The first-order valence-electron chi connectivity index (χ1n) is 9.85. The van der Waals surface area contributed by atoms with Crippen LogP contribution in [0.3, 0.4) is 0 Å². The number of nitrogens with one attached hydrogen (secondary N) is 1. The third-order valence-corrected chi connectivity index (χ3v) is 5.23. The van der Waals surface area contributed by atoms with Crippen LogP contribution < -0.4 is 5.32 Å². The molecule has 9 heteroatoms. The number of hydrogen-bond acceptors (Lipinski definition) is 4. The normalized spacial score (nSPS) is 11.7. The van der Waals surface area contributed by atoms with Crippen LogP contribution in [0.15, 0.2) is 54.6 Å². The zero-order valence-electron chi connectivity index (χ0n) is 17.3. The molecular formula is C23H22ClN3O5. The zero-order valence-corrected chi connectivity index (χ0v) is 18.0. The van der Waals surface area contributed by atoms with E-state index in [9.17, 15) is 24.6 Å². The third-order valence-electron chi connectivity index (χ3n) is 4.87. The molecule has 166 valence electrons. The minimum atomic E-state index is -1.22. The molecule has 0 aliphatic carbocycles. The van der Waals surface area contributed by atoms with Crippen molar-refractivity contribution < 1.29 is 24.6 Å². The van der Waals surface area contributed by atoms with Crippen LogP contribution in [-0.4, -0.2) is 43.9 Å². The monoisotopic (exact) mass is 455 g/mol. The van der Waals surface area contributed by atoms with Crippen LogP contribution in [0.25, 0.3) is 0 Å². The zero-order chi connectivity index (χ0) is 23.3. The molecule has 1 amide bonds. The smallest absolute Gasteiger partial charge is 0.354 e. The van der Waals surface area contributed by atoms with E-state index < -0.39 is 23.9 Å². The Morgan fingerprint density at radius 1 is 1.09 bits per heavy atom. The van der Waals surface area contributed by atoms with Gasteiger partial charge in [-0.15, -0.1) is 0 Å². The summed E-state index contributed by atoms with van der Waals surface area (Å²) in [4.78, 5) is 35.8.